The van der Waals surface area contributed by atoms with E-state index in [0.29, 0.717) is 5.92 Å². The first-order valence-corrected chi connectivity index (χ1v) is 7.42. The Morgan fingerprint density at radius 3 is 2.28 bits per heavy atom. The van der Waals surface area contributed by atoms with Crippen molar-refractivity contribution in [3.8, 4) is 0 Å². The molecule has 0 amide bonds. The summed E-state index contributed by atoms with van der Waals surface area (Å²) in [5, 5.41) is 3.19. The highest BCUT2D eigenvalue weighted by Gasteiger charge is 2.16. The van der Waals surface area contributed by atoms with E-state index in [-0.39, 0.29) is 4.75 Å². The molecule has 0 radical (unpaired) electrons. The molecule has 102 valence electrons. The van der Waals surface area contributed by atoms with E-state index in [1.54, 1.807) is 0 Å². The van der Waals surface area contributed by atoms with Crippen LogP contribution in [0.2, 0.25) is 0 Å². The maximum Gasteiger partial charge on any atom is 0.140 e. The van der Waals surface area contributed by atoms with Crippen molar-refractivity contribution in [3.05, 3.63) is 17.1 Å². The quantitative estimate of drug-likeness (QED) is 0.895. The van der Waals surface area contributed by atoms with Crippen LogP contribution in [0.1, 0.15) is 57.6 Å². The standard InChI is InChI=1S/C14H25N3S/c1-9(2)12-10(3)16-11(17-13(12)15-7)8-18-14(4,5)6/h9H,8H2,1-7H3,(H,15,16,17). The van der Waals surface area contributed by atoms with E-state index in [2.05, 4.69) is 56.8 Å². The number of aryl methyl sites for hydroxylation is 1. The van der Waals surface area contributed by atoms with Gasteiger partial charge in [0.05, 0.1) is 5.75 Å². The van der Waals surface area contributed by atoms with Crippen LogP contribution in [-0.4, -0.2) is 21.8 Å². The first-order valence-electron chi connectivity index (χ1n) is 6.43. The van der Waals surface area contributed by atoms with Gasteiger partial charge >= 0.3 is 0 Å². The van der Waals surface area contributed by atoms with Gasteiger partial charge in [0.25, 0.3) is 0 Å². The molecule has 0 bridgehead atoms. The first-order chi connectivity index (χ1) is 8.24. The third kappa shape index (κ3) is 4.16. The second-order valence-corrected chi connectivity index (χ2v) is 7.60. The lowest BCUT2D eigenvalue weighted by Gasteiger charge is -2.19. The molecule has 0 saturated heterocycles. The molecule has 0 atom stereocenters. The Labute approximate surface area is 115 Å². The highest BCUT2D eigenvalue weighted by molar-refractivity contribution is 7.99. The fourth-order valence-electron chi connectivity index (χ4n) is 1.87. The Hall–Kier alpha value is -0.770. The van der Waals surface area contributed by atoms with Crippen molar-refractivity contribution in [1.29, 1.82) is 0 Å². The van der Waals surface area contributed by atoms with Gasteiger partial charge in [0, 0.05) is 23.1 Å². The summed E-state index contributed by atoms with van der Waals surface area (Å²) < 4.78 is 0.244. The lowest BCUT2D eigenvalue weighted by atomic mass is 10.0. The normalized spacial score (nSPS) is 12.0. The monoisotopic (exact) mass is 267 g/mol. The summed E-state index contributed by atoms with van der Waals surface area (Å²) in [5.74, 6) is 3.19. The zero-order valence-corrected chi connectivity index (χ0v) is 13.4. The summed E-state index contributed by atoms with van der Waals surface area (Å²) in [6.07, 6.45) is 0. The molecule has 1 aromatic rings. The molecule has 0 spiro atoms. The molecular weight excluding hydrogens is 242 g/mol. The van der Waals surface area contributed by atoms with Crippen LogP contribution in [0.5, 0.6) is 0 Å². The molecule has 0 aromatic carbocycles. The average Bonchev–Trinajstić information content (AvgIpc) is 2.23. The van der Waals surface area contributed by atoms with Crippen molar-refractivity contribution in [3.63, 3.8) is 0 Å². The molecule has 1 rings (SSSR count). The lowest BCUT2D eigenvalue weighted by Crippen LogP contribution is -2.11. The zero-order chi connectivity index (χ0) is 13.9. The van der Waals surface area contributed by atoms with Crippen LogP contribution in [0.3, 0.4) is 0 Å². The van der Waals surface area contributed by atoms with E-state index in [9.17, 15) is 0 Å². The number of hydrogen-bond acceptors (Lipinski definition) is 4. The summed E-state index contributed by atoms with van der Waals surface area (Å²) in [4.78, 5) is 9.27. The Kier molecular flexibility index (Phi) is 5.02. The first kappa shape index (κ1) is 15.3. The Balaban J connectivity index is 3.00. The van der Waals surface area contributed by atoms with Gasteiger partial charge in [-0.25, -0.2) is 9.97 Å². The van der Waals surface area contributed by atoms with E-state index in [1.807, 2.05) is 18.8 Å². The SMILES string of the molecule is CNc1nc(CSC(C)(C)C)nc(C)c1C(C)C. The molecule has 0 aliphatic carbocycles. The summed E-state index contributed by atoms with van der Waals surface area (Å²) in [7, 11) is 1.92. The van der Waals surface area contributed by atoms with Crippen LogP contribution >= 0.6 is 11.8 Å². The van der Waals surface area contributed by atoms with E-state index in [4.69, 9.17) is 0 Å². The minimum Gasteiger partial charge on any atom is -0.373 e. The molecule has 0 saturated carbocycles. The maximum atomic E-state index is 4.63. The molecule has 0 unspecified atom stereocenters. The third-order valence-electron chi connectivity index (χ3n) is 2.63. The van der Waals surface area contributed by atoms with Crippen molar-refractivity contribution in [2.75, 3.05) is 12.4 Å². The van der Waals surface area contributed by atoms with Crippen LogP contribution in [0.4, 0.5) is 5.82 Å². The summed E-state index contributed by atoms with van der Waals surface area (Å²) in [6, 6.07) is 0. The largest absolute Gasteiger partial charge is 0.373 e. The van der Waals surface area contributed by atoms with Crippen LogP contribution < -0.4 is 5.32 Å². The van der Waals surface area contributed by atoms with Gasteiger partial charge in [0.1, 0.15) is 11.6 Å². The van der Waals surface area contributed by atoms with Crippen LogP contribution in [0.15, 0.2) is 0 Å². The molecule has 0 aliphatic rings. The number of nitrogens with one attached hydrogen (secondary N) is 1. The Bertz CT molecular complexity index is 408. The van der Waals surface area contributed by atoms with E-state index >= 15 is 0 Å². The third-order valence-corrected chi connectivity index (χ3v) is 3.90. The predicted molar refractivity (Wildman–Crippen MR) is 81.5 cm³/mol. The Morgan fingerprint density at radius 1 is 1.22 bits per heavy atom. The van der Waals surface area contributed by atoms with Gasteiger partial charge in [-0.05, 0) is 12.8 Å². The highest BCUT2D eigenvalue weighted by atomic mass is 32.2. The van der Waals surface area contributed by atoms with Gasteiger partial charge in [-0.1, -0.05) is 34.6 Å². The number of nitrogens with zero attached hydrogens (tertiary/aromatic N) is 2. The van der Waals surface area contributed by atoms with Gasteiger partial charge in [-0.2, -0.15) is 0 Å². The minimum atomic E-state index is 0.244. The van der Waals surface area contributed by atoms with E-state index in [0.717, 1.165) is 23.1 Å². The molecule has 3 nitrogen and oxygen atoms in total. The van der Waals surface area contributed by atoms with Crippen LogP contribution in [0, 0.1) is 6.92 Å². The van der Waals surface area contributed by atoms with Gasteiger partial charge in [-0.15, -0.1) is 11.8 Å². The fraction of sp³-hybridized carbons (Fsp3) is 0.714. The highest BCUT2D eigenvalue weighted by Crippen LogP contribution is 2.29. The molecule has 18 heavy (non-hydrogen) atoms. The van der Waals surface area contributed by atoms with Gasteiger partial charge in [0.2, 0.25) is 0 Å². The van der Waals surface area contributed by atoms with Crippen molar-refractivity contribution in [2.24, 2.45) is 0 Å². The van der Waals surface area contributed by atoms with Crippen molar-refractivity contribution >= 4 is 17.6 Å². The van der Waals surface area contributed by atoms with E-state index in [1.165, 1.54) is 5.56 Å². The van der Waals surface area contributed by atoms with Crippen LogP contribution in [-0.2, 0) is 5.75 Å². The van der Waals surface area contributed by atoms with Crippen molar-refractivity contribution in [2.45, 2.75) is 58.0 Å². The van der Waals surface area contributed by atoms with Crippen LogP contribution in [0.25, 0.3) is 0 Å². The number of thioether (sulfide) groups is 1. The molecular formula is C14H25N3S. The van der Waals surface area contributed by atoms with Gasteiger partial charge < -0.3 is 5.32 Å². The second-order valence-electron chi connectivity index (χ2n) is 5.79. The molecule has 4 heteroatoms. The molecule has 1 heterocycles. The molecule has 0 aliphatic heterocycles. The molecule has 1 N–H and O–H groups in total. The van der Waals surface area contributed by atoms with Crippen molar-refractivity contribution < 1.29 is 0 Å². The lowest BCUT2D eigenvalue weighted by molar-refractivity contribution is 0.795. The smallest absolute Gasteiger partial charge is 0.140 e. The second kappa shape index (κ2) is 5.91. The number of aromatic nitrogens is 2. The topological polar surface area (TPSA) is 37.8 Å². The number of anilines is 1. The van der Waals surface area contributed by atoms with Crippen molar-refractivity contribution in [1.82, 2.24) is 9.97 Å². The van der Waals surface area contributed by atoms with E-state index < -0.39 is 0 Å². The average molecular weight is 267 g/mol. The number of hydrogen-bond donors (Lipinski definition) is 1. The minimum absolute atomic E-state index is 0.244. The zero-order valence-electron chi connectivity index (χ0n) is 12.6. The van der Waals surface area contributed by atoms with Gasteiger partial charge in [0.15, 0.2) is 0 Å². The summed E-state index contributed by atoms with van der Waals surface area (Å²) in [6.45, 7) is 13.1. The Morgan fingerprint density at radius 2 is 1.83 bits per heavy atom. The molecule has 1 aromatic heterocycles. The summed E-state index contributed by atoms with van der Waals surface area (Å²) in [5.41, 5.74) is 2.32. The summed E-state index contributed by atoms with van der Waals surface area (Å²) >= 11 is 1.88. The fourth-order valence-corrected chi connectivity index (χ4v) is 2.56. The maximum absolute atomic E-state index is 4.63. The predicted octanol–water partition coefficient (Wildman–Crippen LogP) is 3.98. The molecule has 0 fully saturated rings. The van der Waals surface area contributed by atoms with Gasteiger partial charge in [-0.3, -0.25) is 0 Å². The number of rotatable bonds is 4.